The summed E-state index contributed by atoms with van der Waals surface area (Å²) in [6.45, 7) is 6.37. The van der Waals surface area contributed by atoms with Crippen molar-refractivity contribution in [3.05, 3.63) is 0 Å². The van der Waals surface area contributed by atoms with Crippen molar-refractivity contribution < 1.29 is 9.53 Å². The lowest BCUT2D eigenvalue weighted by molar-refractivity contribution is -0.0533. The first-order chi connectivity index (χ1) is 7.36. The summed E-state index contributed by atoms with van der Waals surface area (Å²) in [5.74, 6) is 3.51. The Morgan fingerprint density at radius 2 is 2.12 bits per heavy atom. The van der Waals surface area contributed by atoms with Crippen molar-refractivity contribution in [2.45, 2.75) is 51.2 Å². The highest BCUT2D eigenvalue weighted by atomic mass is 16.6. The first-order valence-electron chi connectivity index (χ1n) is 5.85. The van der Waals surface area contributed by atoms with Crippen LogP contribution in [0, 0.1) is 18.3 Å². The molecule has 0 radical (unpaired) electrons. The molecular formula is C13H19NO2. The van der Waals surface area contributed by atoms with E-state index in [-0.39, 0.29) is 11.6 Å². The highest BCUT2D eigenvalue weighted by molar-refractivity contribution is 5.71. The molecule has 2 aliphatic heterocycles. The van der Waals surface area contributed by atoms with Gasteiger partial charge in [-0.3, -0.25) is 4.90 Å². The maximum Gasteiger partial charge on any atom is 0.411 e. The van der Waals surface area contributed by atoms with Crippen molar-refractivity contribution in [2.24, 2.45) is 5.92 Å². The zero-order chi connectivity index (χ0) is 12.0. The largest absolute Gasteiger partial charge is 0.444 e. The van der Waals surface area contributed by atoms with Gasteiger partial charge in [-0.1, -0.05) is 5.92 Å². The zero-order valence-corrected chi connectivity index (χ0v) is 10.2. The normalized spacial score (nSPS) is 32.6. The van der Waals surface area contributed by atoms with Crippen LogP contribution in [0.5, 0.6) is 0 Å². The van der Waals surface area contributed by atoms with E-state index in [2.05, 4.69) is 5.92 Å². The van der Waals surface area contributed by atoms with Crippen LogP contribution in [0.1, 0.15) is 40.0 Å². The second kappa shape index (κ2) is 3.41. The molecule has 3 heteroatoms. The molecule has 1 saturated carbocycles. The molecule has 0 aromatic rings. The van der Waals surface area contributed by atoms with E-state index in [0.717, 1.165) is 31.7 Å². The molecule has 0 atom stereocenters. The second-order valence-electron chi connectivity index (χ2n) is 5.87. The minimum atomic E-state index is -0.451. The van der Waals surface area contributed by atoms with Gasteiger partial charge in [0.1, 0.15) is 11.1 Å². The number of hydrogen-bond acceptors (Lipinski definition) is 2. The van der Waals surface area contributed by atoms with Crippen molar-refractivity contribution in [2.75, 3.05) is 6.54 Å². The van der Waals surface area contributed by atoms with Crippen LogP contribution in [-0.4, -0.2) is 28.7 Å². The quantitative estimate of drug-likeness (QED) is 0.588. The summed E-state index contributed by atoms with van der Waals surface area (Å²) in [6.07, 6.45) is 8.26. The summed E-state index contributed by atoms with van der Waals surface area (Å²) < 4.78 is 5.39. The van der Waals surface area contributed by atoms with Crippen LogP contribution >= 0.6 is 0 Å². The van der Waals surface area contributed by atoms with Gasteiger partial charge in [0.25, 0.3) is 0 Å². The SMILES string of the molecule is C#CC12CC(CCN1C(=O)OC(C)(C)C)C2. The number of nitrogens with zero attached hydrogens (tertiary/aromatic N) is 1. The first kappa shape index (κ1) is 11.3. The zero-order valence-electron chi connectivity index (χ0n) is 10.2. The molecule has 2 saturated heterocycles. The van der Waals surface area contributed by atoms with Crippen LogP contribution < -0.4 is 0 Å². The molecule has 0 spiro atoms. The third-order valence-electron chi connectivity index (χ3n) is 3.41. The number of amides is 1. The summed E-state index contributed by atoms with van der Waals surface area (Å²) >= 11 is 0. The Kier molecular flexibility index (Phi) is 2.41. The van der Waals surface area contributed by atoms with E-state index in [1.165, 1.54) is 0 Å². The Hall–Kier alpha value is -1.17. The Balaban J connectivity index is 2.09. The number of fused-ring (bicyclic) bond motifs is 2. The van der Waals surface area contributed by atoms with Crippen molar-refractivity contribution in [1.29, 1.82) is 0 Å². The van der Waals surface area contributed by atoms with Gasteiger partial charge in [0.2, 0.25) is 0 Å². The lowest BCUT2D eigenvalue weighted by atomic mass is 9.63. The standard InChI is InChI=1S/C13H19NO2/c1-5-13-8-10(9-13)6-7-14(13)11(15)16-12(2,3)4/h1,10H,6-9H2,2-4H3. The molecule has 0 unspecified atom stereocenters. The van der Waals surface area contributed by atoms with E-state index in [1.54, 1.807) is 4.90 Å². The van der Waals surface area contributed by atoms with E-state index in [9.17, 15) is 4.79 Å². The molecule has 88 valence electrons. The lowest BCUT2D eigenvalue weighted by Crippen LogP contribution is -2.64. The maximum absolute atomic E-state index is 12.0. The van der Waals surface area contributed by atoms with E-state index < -0.39 is 5.60 Å². The monoisotopic (exact) mass is 221 g/mol. The molecule has 1 amide bonds. The van der Waals surface area contributed by atoms with E-state index in [0.29, 0.717) is 0 Å². The van der Waals surface area contributed by atoms with Gasteiger partial charge in [-0.2, -0.15) is 0 Å². The fraction of sp³-hybridized carbons (Fsp3) is 0.769. The lowest BCUT2D eigenvalue weighted by Gasteiger charge is -2.55. The minimum Gasteiger partial charge on any atom is -0.444 e. The predicted molar refractivity (Wildman–Crippen MR) is 61.8 cm³/mol. The molecule has 3 aliphatic rings. The number of hydrogen-bond donors (Lipinski definition) is 0. The molecular weight excluding hydrogens is 202 g/mol. The van der Waals surface area contributed by atoms with Gasteiger partial charge in [0, 0.05) is 6.54 Å². The molecule has 3 nitrogen and oxygen atoms in total. The predicted octanol–water partition coefficient (Wildman–Crippen LogP) is 2.41. The average molecular weight is 221 g/mol. The van der Waals surface area contributed by atoms with Crippen molar-refractivity contribution in [3.8, 4) is 12.3 Å². The highest BCUT2D eigenvalue weighted by Gasteiger charge is 2.53. The highest BCUT2D eigenvalue weighted by Crippen LogP contribution is 2.48. The van der Waals surface area contributed by atoms with Gasteiger partial charge in [-0.25, -0.2) is 4.79 Å². The summed E-state index contributed by atoms with van der Waals surface area (Å²) in [4.78, 5) is 13.8. The summed E-state index contributed by atoms with van der Waals surface area (Å²) in [6, 6.07) is 0. The van der Waals surface area contributed by atoms with Gasteiger partial charge in [0.15, 0.2) is 0 Å². The summed E-state index contributed by atoms with van der Waals surface area (Å²) in [5, 5.41) is 0. The second-order valence-corrected chi connectivity index (χ2v) is 5.87. The molecule has 2 heterocycles. The van der Waals surface area contributed by atoms with Gasteiger partial charge >= 0.3 is 6.09 Å². The number of terminal acetylenes is 1. The fourth-order valence-electron chi connectivity index (χ4n) is 2.62. The first-order valence-corrected chi connectivity index (χ1v) is 5.85. The van der Waals surface area contributed by atoms with E-state index >= 15 is 0 Å². The van der Waals surface area contributed by atoms with Crippen LogP contribution in [-0.2, 0) is 4.74 Å². The number of carbonyl (C=O) groups is 1. The fourth-order valence-corrected chi connectivity index (χ4v) is 2.62. The van der Waals surface area contributed by atoms with Crippen LogP contribution in [0.4, 0.5) is 4.79 Å². The third kappa shape index (κ3) is 1.77. The molecule has 3 rings (SSSR count). The van der Waals surface area contributed by atoms with Crippen LogP contribution in [0.25, 0.3) is 0 Å². The summed E-state index contributed by atoms with van der Waals surface area (Å²) in [5.41, 5.74) is -0.793. The Morgan fingerprint density at radius 1 is 1.50 bits per heavy atom. The number of rotatable bonds is 0. The summed E-state index contributed by atoms with van der Waals surface area (Å²) in [7, 11) is 0. The average Bonchev–Trinajstić information content (AvgIpc) is 2.13. The Morgan fingerprint density at radius 3 is 2.62 bits per heavy atom. The van der Waals surface area contributed by atoms with Gasteiger partial charge in [-0.15, -0.1) is 6.42 Å². The molecule has 1 aliphatic carbocycles. The Bertz CT molecular complexity index is 342. The molecule has 3 fully saturated rings. The van der Waals surface area contributed by atoms with E-state index in [4.69, 9.17) is 11.2 Å². The number of piperidine rings is 2. The van der Waals surface area contributed by atoms with Crippen LogP contribution in [0.3, 0.4) is 0 Å². The van der Waals surface area contributed by atoms with Crippen LogP contribution in [0.15, 0.2) is 0 Å². The van der Waals surface area contributed by atoms with Crippen molar-refractivity contribution in [1.82, 2.24) is 4.90 Å². The number of ether oxygens (including phenoxy) is 1. The van der Waals surface area contributed by atoms with Crippen LogP contribution in [0.2, 0.25) is 0 Å². The molecule has 2 bridgehead atoms. The smallest absolute Gasteiger partial charge is 0.411 e. The maximum atomic E-state index is 12.0. The number of carbonyl (C=O) groups excluding carboxylic acids is 1. The van der Waals surface area contributed by atoms with Gasteiger partial charge < -0.3 is 4.74 Å². The van der Waals surface area contributed by atoms with Crippen molar-refractivity contribution in [3.63, 3.8) is 0 Å². The topological polar surface area (TPSA) is 29.5 Å². The third-order valence-corrected chi connectivity index (χ3v) is 3.41. The van der Waals surface area contributed by atoms with Gasteiger partial charge in [0.05, 0.1) is 0 Å². The van der Waals surface area contributed by atoms with Gasteiger partial charge in [-0.05, 0) is 46.0 Å². The Labute approximate surface area is 97.1 Å². The molecule has 16 heavy (non-hydrogen) atoms. The van der Waals surface area contributed by atoms with E-state index in [1.807, 2.05) is 20.8 Å². The van der Waals surface area contributed by atoms with Crippen molar-refractivity contribution >= 4 is 6.09 Å². The molecule has 0 aromatic carbocycles. The molecule has 0 aromatic heterocycles. The minimum absolute atomic E-state index is 0.261. The molecule has 0 N–H and O–H groups in total.